The molecule has 2 amide bonds. The lowest BCUT2D eigenvalue weighted by atomic mass is 9.96. The maximum absolute atomic E-state index is 13.0. The lowest BCUT2D eigenvalue weighted by Crippen LogP contribution is -2.45. The minimum atomic E-state index is -0.162. The van der Waals surface area contributed by atoms with E-state index >= 15 is 0 Å². The van der Waals surface area contributed by atoms with Gasteiger partial charge in [-0.2, -0.15) is 0 Å². The monoisotopic (exact) mass is 487 g/mol. The summed E-state index contributed by atoms with van der Waals surface area (Å²) < 4.78 is 0. The largest absolute Gasteiger partial charge is 0.352 e. The standard InChI is InChI=1S/C29H33N3O2S/c33-28(25-8-5-17-32(21-25)29(34)27-10-6-18-35-27)30-19-24-7-1-2-9-26(24)23-13-11-22(12-14-23)20-31-15-3-4-16-31/h1-2,6-7,9-14,18,25H,3-5,8,15-17,19-21H2,(H,30,33). The van der Waals surface area contributed by atoms with Gasteiger partial charge in [0.2, 0.25) is 5.91 Å². The highest BCUT2D eigenvalue weighted by molar-refractivity contribution is 7.12. The normalized spacial score (nSPS) is 18.5. The van der Waals surface area contributed by atoms with E-state index in [0.29, 0.717) is 13.1 Å². The Hall–Kier alpha value is -2.96. The molecule has 2 aliphatic rings. The Morgan fingerprint density at radius 1 is 0.914 bits per heavy atom. The van der Waals surface area contributed by atoms with Crippen molar-refractivity contribution in [2.75, 3.05) is 26.2 Å². The van der Waals surface area contributed by atoms with E-state index in [-0.39, 0.29) is 17.7 Å². The van der Waals surface area contributed by atoms with Gasteiger partial charge in [-0.15, -0.1) is 11.3 Å². The number of nitrogens with one attached hydrogen (secondary N) is 1. The Bertz CT molecular complexity index is 1140. The number of likely N-dealkylation sites (tertiary alicyclic amines) is 2. The van der Waals surface area contributed by atoms with Crippen LogP contribution in [0.2, 0.25) is 0 Å². The van der Waals surface area contributed by atoms with E-state index in [1.807, 2.05) is 34.5 Å². The number of piperidine rings is 1. The van der Waals surface area contributed by atoms with E-state index in [1.54, 1.807) is 0 Å². The number of rotatable bonds is 7. The number of hydrogen-bond acceptors (Lipinski definition) is 4. The first kappa shape index (κ1) is 23.8. The number of benzene rings is 2. The summed E-state index contributed by atoms with van der Waals surface area (Å²) in [7, 11) is 0. The summed E-state index contributed by atoms with van der Waals surface area (Å²) in [6, 6.07) is 20.9. The summed E-state index contributed by atoms with van der Waals surface area (Å²) >= 11 is 1.46. The zero-order valence-corrected chi connectivity index (χ0v) is 20.9. The lowest BCUT2D eigenvalue weighted by molar-refractivity contribution is -0.126. The van der Waals surface area contributed by atoms with Crippen molar-refractivity contribution in [1.29, 1.82) is 0 Å². The van der Waals surface area contributed by atoms with Gasteiger partial charge in [0.1, 0.15) is 0 Å². The molecule has 2 aromatic carbocycles. The molecule has 2 aliphatic heterocycles. The molecule has 2 fully saturated rings. The smallest absolute Gasteiger partial charge is 0.263 e. The van der Waals surface area contributed by atoms with E-state index in [0.717, 1.165) is 41.9 Å². The van der Waals surface area contributed by atoms with Gasteiger partial charge in [0.25, 0.3) is 5.91 Å². The molecule has 35 heavy (non-hydrogen) atoms. The molecule has 1 unspecified atom stereocenters. The molecule has 5 nitrogen and oxygen atoms in total. The van der Waals surface area contributed by atoms with Gasteiger partial charge in [-0.25, -0.2) is 0 Å². The number of amides is 2. The minimum Gasteiger partial charge on any atom is -0.352 e. The van der Waals surface area contributed by atoms with Crippen LogP contribution in [0.15, 0.2) is 66.0 Å². The summed E-state index contributed by atoms with van der Waals surface area (Å²) in [5.41, 5.74) is 4.78. The second kappa shape index (κ2) is 11.2. The van der Waals surface area contributed by atoms with Crippen molar-refractivity contribution >= 4 is 23.2 Å². The van der Waals surface area contributed by atoms with Crippen LogP contribution in [0.3, 0.4) is 0 Å². The summed E-state index contributed by atoms with van der Waals surface area (Å²) in [4.78, 5) is 30.8. The van der Waals surface area contributed by atoms with Crippen molar-refractivity contribution in [3.8, 4) is 11.1 Å². The average Bonchev–Trinajstić information content (AvgIpc) is 3.63. The van der Waals surface area contributed by atoms with Crippen molar-refractivity contribution in [3.05, 3.63) is 82.0 Å². The van der Waals surface area contributed by atoms with E-state index in [4.69, 9.17) is 0 Å². The molecule has 1 N–H and O–H groups in total. The molecule has 0 aliphatic carbocycles. The summed E-state index contributed by atoms with van der Waals surface area (Å²) in [6.07, 6.45) is 4.29. The fraction of sp³-hybridized carbons (Fsp3) is 0.379. The van der Waals surface area contributed by atoms with Crippen LogP contribution in [-0.2, 0) is 17.9 Å². The molecule has 0 spiro atoms. The van der Waals surface area contributed by atoms with Crippen molar-refractivity contribution < 1.29 is 9.59 Å². The fourth-order valence-corrected chi connectivity index (χ4v) is 5.89. The summed E-state index contributed by atoms with van der Waals surface area (Å²) in [5.74, 6) is -0.0924. The summed E-state index contributed by atoms with van der Waals surface area (Å²) in [5, 5.41) is 5.07. The maximum atomic E-state index is 13.0. The third-order valence-corrected chi connectivity index (χ3v) is 8.01. The Labute approximate surface area is 211 Å². The zero-order chi connectivity index (χ0) is 24.0. The molecule has 0 saturated carbocycles. The highest BCUT2D eigenvalue weighted by atomic mass is 32.1. The first-order valence-electron chi connectivity index (χ1n) is 12.7. The van der Waals surface area contributed by atoms with E-state index in [9.17, 15) is 9.59 Å². The van der Waals surface area contributed by atoms with Crippen LogP contribution in [0, 0.1) is 5.92 Å². The molecule has 1 aromatic heterocycles. The van der Waals surface area contributed by atoms with Crippen LogP contribution in [0.4, 0.5) is 0 Å². The van der Waals surface area contributed by atoms with Crippen LogP contribution >= 0.6 is 11.3 Å². The molecule has 6 heteroatoms. The maximum Gasteiger partial charge on any atom is 0.263 e. The second-order valence-electron chi connectivity index (χ2n) is 9.62. The predicted molar refractivity (Wildman–Crippen MR) is 141 cm³/mol. The number of hydrogen-bond donors (Lipinski definition) is 1. The SMILES string of the molecule is O=C(NCc1ccccc1-c1ccc(CN2CCCC2)cc1)C1CCCN(C(=O)c2cccs2)C1. The molecule has 0 radical (unpaired) electrons. The van der Waals surface area contributed by atoms with Gasteiger partial charge in [0.05, 0.1) is 10.8 Å². The van der Waals surface area contributed by atoms with Gasteiger partial charge in [-0.3, -0.25) is 14.5 Å². The quantitative estimate of drug-likeness (QED) is 0.500. The van der Waals surface area contributed by atoms with Crippen molar-refractivity contribution in [1.82, 2.24) is 15.1 Å². The first-order valence-corrected chi connectivity index (χ1v) is 13.6. The van der Waals surface area contributed by atoms with Gasteiger partial charge in [0.15, 0.2) is 0 Å². The van der Waals surface area contributed by atoms with Gasteiger partial charge >= 0.3 is 0 Å². The topological polar surface area (TPSA) is 52.7 Å². The van der Waals surface area contributed by atoms with Crippen molar-refractivity contribution in [2.45, 2.75) is 38.8 Å². The lowest BCUT2D eigenvalue weighted by Gasteiger charge is -2.31. The van der Waals surface area contributed by atoms with Crippen LogP contribution in [0.1, 0.15) is 46.5 Å². The van der Waals surface area contributed by atoms with Crippen LogP contribution < -0.4 is 5.32 Å². The third kappa shape index (κ3) is 5.82. The molecule has 0 bridgehead atoms. The Balaban J connectivity index is 1.20. The zero-order valence-electron chi connectivity index (χ0n) is 20.1. The number of thiophene rings is 1. The molecular weight excluding hydrogens is 454 g/mol. The Kier molecular flexibility index (Phi) is 7.60. The fourth-order valence-electron chi connectivity index (χ4n) is 5.20. The molecule has 3 aromatic rings. The highest BCUT2D eigenvalue weighted by Crippen LogP contribution is 2.26. The molecular formula is C29H33N3O2S. The summed E-state index contributed by atoms with van der Waals surface area (Å²) in [6.45, 7) is 5.11. The average molecular weight is 488 g/mol. The first-order chi connectivity index (χ1) is 17.2. The van der Waals surface area contributed by atoms with Gasteiger partial charge in [-0.05, 0) is 72.5 Å². The number of carbonyl (C=O) groups is 2. The molecule has 5 rings (SSSR count). The predicted octanol–water partition coefficient (Wildman–Crippen LogP) is 5.18. The number of nitrogens with zero attached hydrogens (tertiary/aromatic N) is 2. The van der Waals surface area contributed by atoms with E-state index in [1.165, 1.54) is 48.4 Å². The molecule has 3 heterocycles. The van der Waals surface area contributed by atoms with E-state index < -0.39 is 0 Å². The van der Waals surface area contributed by atoms with Crippen LogP contribution in [0.25, 0.3) is 11.1 Å². The minimum absolute atomic E-state index is 0.0319. The Morgan fingerprint density at radius 2 is 1.71 bits per heavy atom. The van der Waals surface area contributed by atoms with Crippen molar-refractivity contribution in [2.24, 2.45) is 5.92 Å². The van der Waals surface area contributed by atoms with Gasteiger partial charge in [-0.1, -0.05) is 54.6 Å². The number of carbonyl (C=O) groups excluding carboxylic acids is 2. The van der Waals surface area contributed by atoms with Crippen LogP contribution in [-0.4, -0.2) is 47.8 Å². The van der Waals surface area contributed by atoms with Crippen molar-refractivity contribution in [3.63, 3.8) is 0 Å². The molecule has 2 saturated heterocycles. The van der Waals surface area contributed by atoms with Gasteiger partial charge < -0.3 is 10.2 Å². The third-order valence-electron chi connectivity index (χ3n) is 7.15. The second-order valence-corrected chi connectivity index (χ2v) is 10.6. The van der Waals surface area contributed by atoms with Gasteiger partial charge in [0, 0.05) is 26.2 Å². The highest BCUT2D eigenvalue weighted by Gasteiger charge is 2.29. The Morgan fingerprint density at radius 3 is 2.49 bits per heavy atom. The molecule has 1 atom stereocenters. The van der Waals surface area contributed by atoms with Crippen LogP contribution in [0.5, 0.6) is 0 Å². The van der Waals surface area contributed by atoms with E-state index in [2.05, 4.69) is 46.6 Å². The molecule has 182 valence electrons.